The van der Waals surface area contributed by atoms with Gasteiger partial charge in [-0.3, -0.25) is 4.79 Å². The largest absolute Gasteiger partial charge is 0.497 e. The van der Waals surface area contributed by atoms with Crippen LogP contribution >= 0.6 is 0 Å². The maximum Gasteiger partial charge on any atom is 0.317 e. The average molecular weight is 373 g/mol. The molecule has 3 unspecified atom stereocenters. The third-order valence-electron chi connectivity index (χ3n) is 5.24. The van der Waals surface area contributed by atoms with Gasteiger partial charge >= 0.3 is 5.97 Å². The molecule has 1 aliphatic carbocycles. The standard InChI is InChI=1S/C20H23NO6/c1-4-13-9-10-20(19(24)25,16(13)11-22)18(17(12-23)27-3)21-14-5-7-15(26-2)8-6-14/h5-8,13,18,21H,4,9-10H2,1-3H3,(H,24,25). The highest BCUT2D eigenvalue weighted by atomic mass is 16.5. The molecule has 0 aliphatic heterocycles. The van der Waals surface area contributed by atoms with Gasteiger partial charge in [0.25, 0.3) is 0 Å². The van der Waals surface area contributed by atoms with Gasteiger partial charge in [-0.15, -0.1) is 0 Å². The van der Waals surface area contributed by atoms with Gasteiger partial charge in [-0.2, -0.15) is 0 Å². The lowest BCUT2D eigenvalue weighted by atomic mass is 9.73. The van der Waals surface area contributed by atoms with Crippen molar-refractivity contribution in [3.63, 3.8) is 0 Å². The number of benzene rings is 1. The molecule has 1 saturated carbocycles. The molecule has 7 heteroatoms. The number of hydrogen-bond acceptors (Lipinski definition) is 6. The van der Waals surface area contributed by atoms with Crippen LogP contribution in [0, 0.1) is 11.3 Å². The summed E-state index contributed by atoms with van der Waals surface area (Å²) in [6, 6.07) is 5.68. The second-order valence-corrected chi connectivity index (χ2v) is 6.41. The fourth-order valence-corrected chi connectivity index (χ4v) is 3.76. The van der Waals surface area contributed by atoms with Crippen molar-refractivity contribution < 1.29 is 29.0 Å². The first-order valence-electron chi connectivity index (χ1n) is 8.66. The Morgan fingerprint density at radius 2 is 2.00 bits per heavy atom. The van der Waals surface area contributed by atoms with E-state index in [1.165, 1.54) is 14.2 Å². The zero-order valence-corrected chi connectivity index (χ0v) is 15.6. The molecule has 1 aliphatic rings. The molecular formula is C20H23NO6. The van der Waals surface area contributed by atoms with E-state index in [0.29, 0.717) is 24.3 Å². The summed E-state index contributed by atoms with van der Waals surface area (Å²) in [4.78, 5) is 35.6. The summed E-state index contributed by atoms with van der Waals surface area (Å²) < 4.78 is 10.2. The molecule has 0 bridgehead atoms. The van der Waals surface area contributed by atoms with E-state index in [0.717, 1.165) is 0 Å². The topological polar surface area (TPSA) is 102 Å². The van der Waals surface area contributed by atoms with Crippen LogP contribution in [0.2, 0.25) is 0 Å². The number of carbonyl (C=O) groups is 1. The van der Waals surface area contributed by atoms with Crippen LogP contribution in [0.15, 0.2) is 35.6 Å². The number of anilines is 1. The molecule has 0 saturated heterocycles. The number of aliphatic carboxylic acids is 1. The van der Waals surface area contributed by atoms with Gasteiger partial charge in [-0.25, -0.2) is 9.59 Å². The number of hydrogen-bond donors (Lipinski definition) is 2. The van der Waals surface area contributed by atoms with Crippen molar-refractivity contribution in [1.82, 2.24) is 0 Å². The van der Waals surface area contributed by atoms with E-state index in [-0.39, 0.29) is 23.7 Å². The van der Waals surface area contributed by atoms with E-state index < -0.39 is 17.4 Å². The lowest BCUT2D eigenvalue weighted by molar-refractivity contribution is -0.147. The maximum absolute atomic E-state index is 12.4. The van der Waals surface area contributed by atoms with Crippen molar-refractivity contribution in [2.75, 3.05) is 19.5 Å². The zero-order valence-electron chi connectivity index (χ0n) is 15.6. The van der Waals surface area contributed by atoms with Crippen molar-refractivity contribution in [1.29, 1.82) is 0 Å². The minimum absolute atomic E-state index is 0.147. The first kappa shape index (κ1) is 20.3. The number of ether oxygens (including phenoxy) is 2. The Hall–Kier alpha value is -3.01. The van der Waals surface area contributed by atoms with E-state index in [1.807, 2.05) is 12.9 Å². The molecule has 0 aromatic heterocycles. The van der Waals surface area contributed by atoms with E-state index >= 15 is 0 Å². The van der Waals surface area contributed by atoms with Crippen molar-refractivity contribution in [2.45, 2.75) is 32.2 Å². The smallest absolute Gasteiger partial charge is 0.317 e. The highest BCUT2D eigenvalue weighted by Crippen LogP contribution is 2.51. The Labute approximate surface area is 157 Å². The Balaban J connectivity index is 2.58. The second-order valence-electron chi connectivity index (χ2n) is 6.41. The fraction of sp³-hybridized carbons (Fsp3) is 0.450. The van der Waals surface area contributed by atoms with Crippen LogP contribution in [0.3, 0.4) is 0 Å². The van der Waals surface area contributed by atoms with Crippen molar-refractivity contribution in [2.24, 2.45) is 11.3 Å². The fourth-order valence-electron chi connectivity index (χ4n) is 3.76. The quantitative estimate of drug-likeness (QED) is 0.533. The normalized spacial score (nSPS) is 22.3. The van der Waals surface area contributed by atoms with Crippen molar-refractivity contribution >= 4 is 23.5 Å². The van der Waals surface area contributed by atoms with Crippen LogP contribution in [-0.2, 0) is 19.1 Å². The minimum Gasteiger partial charge on any atom is -0.497 e. The molecule has 0 spiro atoms. The van der Waals surface area contributed by atoms with Gasteiger partial charge in [0.2, 0.25) is 5.76 Å². The molecular weight excluding hydrogens is 350 g/mol. The molecule has 1 aromatic carbocycles. The third kappa shape index (κ3) is 3.61. The Morgan fingerprint density at radius 1 is 1.33 bits per heavy atom. The van der Waals surface area contributed by atoms with E-state index in [2.05, 4.69) is 5.32 Å². The molecule has 3 atom stereocenters. The van der Waals surface area contributed by atoms with E-state index in [4.69, 9.17) is 9.47 Å². The summed E-state index contributed by atoms with van der Waals surface area (Å²) in [6.45, 7) is 1.89. The lowest BCUT2D eigenvalue weighted by Crippen LogP contribution is -2.48. The average Bonchev–Trinajstić information content (AvgIpc) is 3.08. The van der Waals surface area contributed by atoms with Crippen LogP contribution < -0.4 is 10.1 Å². The monoisotopic (exact) mass is 373 g/mol. The maximum atomic E-state index is 12.4. The third-order valence-corrected chi connectivity index (χ3v) is 5.24. The van der Waals surface area contributed by atoms with Crippen LogP contribution in [0.4, 0.5) is 5.69 Å². The number of carboxylic acid groups (broad SMARTS) is 1. The number of rotatable bonds is 8. The van der Waals surface area contributed by atoms with Crippen LogP contribution in [0.5, 0.6) is 5.75 Å². The number of methoxy groups -OCH3 is 2. The molecule has 0 heterocycles. The van der Waals surface area contributed by atoms with Crippen LogP contribution in [0.1, 0.15) is 26.2 Å². The van der Waals surface area contributed by atoms with Gasteiger partial charge in [0, 0.05) is 11.3 Å². The molecule has 1 fully saturated rings. The van der Waals surface area contributed by atoms with Gasteiger partial charge < -0.3 is 19.9 Å². The van der Waals surface area contributed by atoms with Gasteiger partial charge in [0.1, 0.15) is 23.1 Å². The summed E-state index contributed by atoms with van der Waals surface area (Å²) in [6.07, 6.45) is 1.32. The molecule has 7 nitrogen and oxygen atoms in total. The van der Waals surface area contributed by atoms with Crippen LogP contribution in [0.25, 0.3) is 0 Å². The van der Waals surface area contributed by atoms with Crippen molar-refractivity contribution in [3.8, 4) is 5.75 Å². The number of carbonyl (C=O) groups excluding carboxylic acids is 2. The van der Waals surface area contributed by atoms with Gasteiger partial charge in [0.05, 0.1) is 14.2 Å². The SMILES string of the molecule is CCC1CCC(C(=O)O)(C(Nc2ccc(OC)cc2)C(=C=O)OC)C1=C=O. The van der Waals surface area contributed by atoms with Gasteiger partial charge in [-0.05, 0) is 49.4 Å². The molecule has 1 aromatic rings. The van der Waals surface area contributed by atoms with Crippen LogP contribution in [-0.4, -0.2) is 43.2 Å². The summed E-state index contributed by atoms with van der Waals surface area (Å²) in [5, 5.41) is 13.1. The van der Waals surface area contributed by atoms with Gasteiger partial charge in [-0.1, -0.05) is 6.92 Å². The second kappa shape index (κ2) is 8.58. The van der Waals surface area contributed by atoms with Crippen molar-refractivity contribution in [3.05, 3.63) is 35.6 Å². The lowest BCUT2D eigenvalue weighted by Gasteiger charge is -2.35. The highest BCUT2D eigenvalue weighted by molar-refractivity contribution is 5.86. The first-order valence-corrected chi connectivity index (χ1v) is 8.66. The predicted molar refractivity (Wildman–Crippen MR) is 98.9 cm³/mol. The first-order chi connectivity index (χ1) is 13.0. The van der Waals surface area contributed by atoms with E-state index in [9.17, 15) is 19.5 Å². The molecule has 2 N–H and O–H groups in total. The number of carboxylic acids is 1. The molecule has 144 valence electrons. The summed E-state index contributed by atoms with van der Waals surface area (Å²) in [5.41, 5.74) is -0.935. The predicted octanol–water partition coefficient (Wildman–Crippen LogP) is 2.49. The summed E-state index contributed by atoms with van der Waals surface area (Å²) in [7, 11) is 2.81. The Morgan fingerprint density at radius 3 is 2.44 bits per heavy atom. The summed E-state index contributed by atoms with van der Waals surface area (Å²) in [5.74, 6) is 2.54. The summed E-state index contributed by atoms with van der Waals surface area (Å²) >= 11 is 0. The molecule has 0 radical (unpaired) electrons. The highest BCUT2D eigenvalue weighted by Gasteiger charge is 2.57. The molecule has 27 heavy (non-hydrogen) atoms. The Bertz CT molecular complexity index is 789. The molecule has 0 amide bonds. The molecule has 2 rings (SSSR count). The number of nitrogens with one attached hydrogen (secondary N) is 1. The van der Waals surface area contributed by atoms with Gasteiger partial charge in [0.15, 0.2) is 5.94 Å². The minimum atomic E-state index is -1.63. The zero-order chi connectivity index (χ0) is 20.0. The Kier molecular flexibility index (Phi) is 6.45. The van der Waals surface area contributed by atoms with E-state index in [1.54, 1.807) is 30.2 Å².